The van der Waals surface area contributed by atoms with Crippen LogP contribution in [0.3, 0.4) is 0 Å². The van der Waals surface area contributed by atoms with E-state index in [0.717, 1.165) is 17.5 Å². The fraction of sp³-hybridized carbons (Fsp3) is 0.344. The van der Waals surface area contributed by atoms with Gasteiger partial charge in [0.25, 0.3) is 0 Å². The van der Waals surface area contributed by atoms with Gasteiger partial charge in [0.1, 0.15) is 24.8 Å². The summed E-state index contributed by atoms with van der Waals surface area (Å²) in [7, 11) is 0. The summed E-state index contributed by atoms with van der Waals surface area (Å²) < 4.78 is 40.7. The van der Waals surface area contributed by atoms with Gasteiger partial charge in [-0.1, -0.05) is 57.2 Å². The van der Waals surface area contributed by atoms with E-state index in [1.807, 2.05) is 51.1 Å². The average Bonchev–Trinajstić information content (AvgIpc) is 3.35. The lowest BCUT2D eigenvalue weighted by Gasteiger charge is -2.30. The smallest absolute Gasteiger partial charge is 0.407 e. The molecule has 7 nitrogen and oxygen atoms in total. The minimum absolute atomic E-state index is 0. The van der Waals surface area contributed by atoms with Gasteiger partial charge in [0.15, 0.2) is 5.78 Å². The van der Waals surface area contributed by atoms with E-state index < -0.39 is 23.3 Å². The molecule has 41 heavy (non-hydrogen) atoms. The number of nitrogens with zero attached hydrogens (tertiary/aromatic N) is 2. The van der Waals surface area contributed by atoms with Crippen LogP contribution in [0.2, 0.25) is 0 Å². The van der Waals surface area contributed by atoms with Crippen LogP contribution in [0.5, 0.6) is 5.88 Å². The number of nitrogens with one attached hydrogen (secondary N) is 1. The lowest BCUT2D eigenvalue weighted by molar-refractivity contribution is 0.0954. The third kappa shape index (κ3) is 7.90. The van der Waals surface area contributed by atoms with E-state index in [9.17, 15) is 18.4 Å². The predicted octanol–water partition coefficient (Wildman–Crippen LogP) is 7.58. The number of alkyl carbamates (subject to hydrolysis) is 1. The Morgan fingerprint density at radius 1 is 1.00 bits per heavy atom. The van der Waals surface area contributed by atoms with E-state index in [-0.39, 0.29) is 44.3 Å². The van der Waals surface area contributed by atoms with Crippen LogP contribution in [0, 0.1) is 18.6 Å². The number of Topliss-reactive ketones (excluding diaryl/α,β-unsaturated/α-hetero) is 1. The van der Waals surface area contributed by atoms with Crippen LogP contribution in [0.25, 0.3) is 5.52 Å². The molecule has 1 unspecified atom stereocenters. The summed E-state index contributed by atoms with van der Waals surface area (Å²) in [4.78, 5) is 25.9. The number of pyridine rings is 1. The summed E-state index contributed by atoms with van der Waals surface area (Å²) in [6.07, 6.45) is 2.97. The van der Waals surface area contributed by atoms with Gasteiger partial charge in [0.2, 0.25) is 5.88 Å². The molecule has 0 aliphatic heterocycles. The normalized spacial score (nSPS) is 12.3. The van der Waals surface area contributed by atoms with E-state index in [0.29, 0.717) is 23.9 Å². The molecule has 2 aromatic heterocycles. The Labute approximate surface area is 239 Å². The van der Waals surface area contributed by atoms with Crippen LogP contribution in [0.1, 0.15) is 74.0 Å². The van der Waals surface area contributed by atoms with E-state index in [1.54, 1.807) is 12.1 Å². The number of aromatic nitrogens is 2. The Balaban J connectivity index is 0.00000462. The van der Waals surface area contributed by atoms with Crippen molar-refractivity contribution >= 4 is 17.4 Å². The fourth-order valence-electron chi connectivity index (χ4n) is 4.65. The van der Waals surface area contributed by atoms with E-state index in [2.05, 4.69) is 10.4 Å². The van der Waals surface area contributed by atoms with Crippen LogP contribution in [0.15, 0.2) is 66.9 Å². The quantitative estimate of drug-likeness (QED) is 0.179. The number of hydrogen-bond donors (Lipinski definition) is 1. The number of amides is 1. The van der Waals surface area contributed by atoms with Crippen LogP contribution >= 0.6 is 0 Å². The Kier molecular flexibility index (Phi) is 10.6. The predicted molar refractivity (Wildman–Crippen MR) is 154 cm³/mol. The molecule has 0 fully saturated rings. The summed E-state index contributed by atoms with van der Waals surface area (Å²) in [6, 6.07) is 16.5. The molecule has 1 N–H and O–H groups in total. The van der Waals surface area contributed by atoms with Gasteiger partial charge in [-0.25, -0.2) is 18.1 Å². The molecule has 2 aromatic carbocycles. The number of carbonyl (C=O) groups excluding carboxylic acids is 2. The van der Waals surface area contributed by atoms with Gasteiger partial charge in [0.05, 0.1) is 22.8 Å². The lowest BCUT2D eigenvalue weighted by atomic mass is 9.89. The fourth-order valence-corrected chi connectivity index (χ4v) is 4.65. The Hall–Kier alpha value is -4.27. The van der Waals surface area contributed by atoms with Crippen molar-refractivity contribution < 1.29 is 27.8 Å². The molecule has 2 heterocycles. The molecule has 218 valence electrons. The lowest BCUT2D eigenvalue weighted by Crippen LogP contribution is -2.46. The van der Waals surface area contributed by atoms with Crippen LogP contribution in [-0.2, 0) is 18.0 Å². The van der Waals surface area contributed by atoms with Crippen LogP contribution in [-0.4, -0.2) is 27.0 Å². The third-order valence-corrected chi connectivity index (χ3v) is 6.78. The number of ether oxygens (including phenoxy) is 2. The summed E-state index contributed by atoms with van der Waals surface area (Å²) in [5, 5.41) is 7.26. The zero-order valence-corrected chi connectivity index (χ0v) is 22.9. The van der Waals surface area contributed by atoms with Gasteiger partial charge < -0.3 is 14.8 Å². The standard InChI is InChI=1S/C31H33F2N3O4.CH4/c1-4-14-31(3,35-30(38)40-19-22-9-6-5-7-10-22)15-13-28(37)23-18-34-36-27(23)16-21(2)17-29(36)39-20-24-25(32)11-8-12-26(24)33;/h5-12,16-18H,4,13-15,19-20H2,1-3H3,(H,35,38);1H4. The average molecular weight is 566 g/mol. The summed E-state index contributed by atoms with van der Waals surface area (Å²) in [5.74, 6) is -1.29. The second-order valence-corrected chi connectivity index (χ2v) is 10.1. The maximum Gasteiger partial charge on any atom is 0.407 e. The molecular formula is C32H37F2N3O4. The second-order valence-electron chi connectivity index (χ2n) is 10.1. The number of rotatable bonds is 12. The molecule has 4 aromatic rings. The zero-order chi connectivity index (χ0) is 28.7. The first-order chi connectivity index (χ1) is 19.2. The first-order valence-corrected chi connectivity index (χ1v) is 13.3. The molecule has 0 saturated carbocycles. The summed E-state index contributed by atoms with van der Waals surface area (Å²) >= 11 is 0. The molecule has 0 aliphatic rings. The second kappa shape index (κ2) is 13.9. The van der Waals surface area contributed by atoms with Gasteiger partial charge in [-0.2, -0.15) is 5.10 Å². The Morgan fingerprint density at radius 3 is 2.39 bits per heavy atom. The maximum absolute atomic E-state index is 14.1. The first kappa shape index (κ1) is 31.3. The van der Waals surface area contributed by atoms with Crippen LogP contribution in [0.4, 0.5) is 13.6 Å². The largest absolute Gasteiger partial charge is 0.473 e. The van der Waals surface area contributed by atoms with E-state index >= 15 is 0 Å². The molecule has 1 amide bonds. The molecule has 0 radical (unpaired) electrons. The minimum Gasteiger partial charge on any atom is -0.473 e. The van der Waals surface area contributed by atoms with Gasteiger partial charge in [-0.3, -0.25) is 4.79 Å². The minimum atomic E-state index is -0.701. The molecule has 9 heteroatoms. The summed E-state index contributed by atoms with van der Waals surface area (Å²) in [6.45, 7) is 5.58. The monoisotopic (exact) mass is 565 g/mol. The highest BCUT2D eigenvalue weighted by Gasteiger charge is 2.28. The van der Waals surface area contributed by atoms with Gasteiger partial charge in [0, 0.05) is 18.0 Å². The number of halogens is 2. The van der Waals surface area contributed by atoms with Crippen LogP contribution < -0.4 is 10.1 Å². The number of benzene rings is 2. The SMILES string of the molecule is C.CCCC(C)(CCC(=O)c1cnn2c(OCc3c(F)cccc3F)cc(C)cc12)NC(=O)OCc1ccccc1. The van der Waals surface area contributed by atoms with Crippen molar-refractivity contribution in [2.24, 2.45) is 0 Å². The number of ketones is 1. The number of fused-ring (bicyclic) bond motifs is 1. The Bertz CT molecular complexity index is 1470. The van der Waals surface area contributed by atoms with Crippen molar-refractivity contribution in [3.8, 4) is 5.88 Å². The number of hydrogen-bond acceptors (Lipinski definition) is 5. The third-order valence-electron chi connectivity index (χ3n) is 6.78. The van der Waals surface area contributed by atoms with Crippen molar-refractivity contribution in [1.82, 2.24) is 14.9 Å². The zero-order valence-electron chi connectivity index (χ0n) is 22.9. The van der Waals surface area contributed by atoms with Gasteiger partial charge in [-0.05, 0) is 56.0 Å². The molecular weight excluding hydrogens is 528 g/mol. The summed E-state index contributed by atoms with van der Waals surface area (Å²) in [5.41, 5.74) is 1.78. The van der Waals surface area contributed by atoms with Gasteiger partial charge in [-0.15, -0.1) is 0 Å². The van der Waals surface area contributed by atoms with Crippen molar-refractivity contribution in [2.75, 3.05) is 0 Å². The molecule has 0 bridgehead atoms. The van der Waals surface area contributed by atoms with Crippen molar-refractivity contribution in [3.63, 3.8) is 0 Å². The number of carbonyl (C=O) groups is 2. The highest BCUT2D eigenvalue weighted by molar-refractivity contribution is 6.02. The maximum atomic E-state index is 14.1. The first-order valence-electron chi connectivity index (χ1n) is 13.3. The van der Waals surface area contributed by atoms with Crippen molar-refractivity contribution in [3.05, 3.63) is 101 Å². The Morgan fingerprint density at radius 2 is 1.71 bits per heavy atom. The highest BCUT2D eigenvalue weighted by Crippen LogP contribution is 2.26. The van der Waals surface area contributed by atoms with Crippen molar-refractivity contribution in [1.29, 1.82) is 0 Å². The topological polar surface area (TPSA) is 81.9 Å². The highest BCUT2D eigenvalue weighted by atomic mass is 19.1. The van der Waals surface area contributed by atoms with E-state index in [1.165, 1.54) is 28.9 Å². The molecule has 0 spiro atoms. The van der Waals surface area contributed by atoms with Crippen molar-refractivity contribution in [2.45, 2.75) is 72.6 Å². The molecule has 0 aliphatic carbocycles. The molecule has 4 rings (SSSR count). The van der Waals surface area contributed by atoms with E-state index in [4.69, 9.17) is 9.47 Å². The number of aryl methyl sites for hydroxylation is 1. The molecule has 0 saturated heterocycles. The molecule has 1 atom stereocenters. The van der Waals surface area contributed by atoms with Gasteiger partial charge >= 0.3 is 6.09 Å².